The minimum atomic E-state index is -0.0725. The number of fused-ring (bicyclic) bond motifs is 9. The quantitative estimate of drug-likeness (QED) is 0.172. The minimum absolute atomic E-state index is 0.0725. The summed E-state index contributed by atoms with van der Waals surface area (Å²) in [6, 6.07) is 62.3. The summed E-state index contributed by atoms with van der Waals surface area (Å²) in [6.07, 6.45) is 0. The monoisotopic (exact) mass is 662 g/mol. The van der Waals surface area contributed by atoms with E-state index in [-0.39, 0.29) is 5.41 Å². The second kappa shape index (κ2) is 10.8. The Balaban J connectivity index is 1.11. The van der Waals surface area contributed by atoms with E-state index in [4.69, 9.17) is 4.42 Å². The largest absolute Gasteiger partial charge is 0.455 e. The zero-order valence-electron chi connectivity index (χ0n) is 29.1. The smallest absolute Gasteiger partial charge is 0.143 e. The summed E-state index contributed by atoms with van der Waals surface area (Å²) >= 11 is 0. The van der Waals surface area contributed by atoms with Gasteiger partial charge in [0.25, 0.3) is 0 Å². The van der Waals surface area contributed by atoms with Gasteiger partial charge in [0.2, 0.25) is 0 Å². The molecule has 0 spiro atoms. The van der Waals surface area contributed by atoms with Crippen LogP contribution in [0.25, 0.3) is 98.8 Å². The molecule has 0 saturated carbocycles. The van der Waals surface area contributed by atoms with E-state index in [0.29, 0.717) is 0 Å². The average Bonchev–Trinajstić information content (AvgIpc) is 3.68. The first-order valence-electron chi connectivity index (χ1n) is 18.2. The van der Waals surface area contributed by atoms with Gasteiger partial charge in [-0.3, -0.25) is 0 Å². The Morgan fingerprint density at radius 1 is 0.365 bits per heavy atom. The molecule has 0 N–H and O–H groups in total. The van der Waals surface area contributed by atoms with Crippen molar-refractivity contribution in [3.63, 3.8) is 0 Å². The number of hydrogen-bond donors (Lipinski definition) is 0. The molecule has 0 unspecified atom stereocenters. The molecule has 1 heterocycles. The SMILES string of the molecule is CC1(C)c2cc3ccccc3cc2-c2c(-c3ccc(-c4c5ccccc5c(-c5cccc6c5oc5ccccc56)c5ccccc45)cc3)cccc21. The van der Waals surface area contributed by atoms with Crippen LogP contribution in [0.4, 0.5) is 0 Å². The third kappa shape index (κ3) is 4.05. The molecule has 0 aliphatic heterocycles. The number of furan rings is 1. The highest BCUT2D eigenvalue weighted by Gasteiger charge is 2.37. The van der Waals surface area contributed by atoms with Crippen molar-refractivity contribution in [2.24, 2.45) is 0 Å². The molecule has 0 saturated heterocycles. The molecule has 10 aromatic rings. The molecule has 1 aromatic heterocycles. The van der Waals surface area contributed by atoms with Crippen LogP contribution in [0.5, 0.6) is 0 Å². The summed E-state index contributed by atoms with van der Waals surface area (Å²) < 4.78 is 6.59. The van der Waals surface area contributed by atoms with Gasteiger partial charge in [-0.25, -0.2) is 0 Å². The zero-order valence-corrected chi connectivity index (χ0v) is 29.1. The third-order valence-electron chi connectivity index (χ3n) is 11.7. The van der Waals surface area contributed by atoms with E-state index in [1.165, 1.54) is 82.4 Å². The van der Waals surface area contributed by atoms with Crippen LogP contribution in [0.1, 0.15) is 25.0 Å². The van der Waals surface area contributed by atoms with Crippen LogP contribution in [0, 0.1) is 0 Å². The molecule has 0 amide bonds. The van der Waals surface area contributed by atoms with Crippen molar-refractivity contribution in [1.82, 2.24) is 0 Å². The van der Waals surface area contributed by atoms with Gasteiger partial charge in [0.1, 0.15) is 11.2 Å². The maximum Gasteiger partial charge on any atom is 0.143 e. The highest BCUT2D eigenvalue weighted by molar-refractivity contribution is 6.24. The number of hydrogen-bond acceptors (Lipinski definition) is 1. The van der Waals surface area contributed by atoms with Gasteiger partial charge in [-0.2, -0.15) is 0 Å². The van der Waals surface area contributed by atoms with Gasteiger partial charge in [-0.15, -0.1) is 0 Å². The topological polar surface area (TPSA) is 13.1 Å². The molecule has 1 aliphatic carbocycles. The molecule has 0 bridgehead atoms. The molecule has 1 aliphatic rings. The van der Waals surface area contributed by atoms with Gasteiger partial charge in [0.05, 0.1) is 0 Å². The van der Waals surface area contributed by atoms with Crippen LogP contribution in [-0.4, -0.2) is 0 Å². The first-order valence-corrected chi connectivity index (χ1v) is 18.2. The van der Waals surface area contributed by atoms with Crippen molar-refractivity contribution in [2.75, 3.05) is 0 Å². The second-order valence-corrected chi connectivity index (χ2v) is 14.8. The van der Waals surface area contributed by atoms with Crippen molar-refractivity contribution in [3.8, 4) is 44.5 Å². The van der Waals surface area contributed by atoms with Crippen LogP contribution < -0.4 is 0 Å². The van der Waals surface area contributed by atoms with Gasteiger partial charge in [0.15, 0.2) is 0 Å². The molecule has 9 aromatic carbocycles. The summed E-state index contributed by atoms with van der Waals surface area (Å²) in [5, 5.41) is 9.80. The van der Waals surface area contributed by atoms with E-state index in [2.05, 4.69) is 178 Å². The maximum atomic E-state index is 6.59. The fourth-order valence-electron chi connectivity index (χ4n) is 9.20. The molecule has 11 rings (SSSR count). The molecule has 52 heavy (non-hydrogen) atoms. The van der Waals surface area contributed by atoms with Gasteiger partial charge >= 0.3 is 0 Å². The normalized spacial score (nSPS) is 13.3. The summed E-state index contributed by atoms with van der Waals surface area (Å²) in [5.41, 5.74) is 14.6. The van der Waals surface area contributed by atoms with Crippen molar-refractivity contribution in [2.45, 2.75) is 19.3 Å². The van der Waals surface area contributed by atoms with Crippen molar-refractivity contribution < 1.29 is 4.42 Å². The molecule has 1 nitrogen and oxygen atoms in total. The van der Waals surface area contributed by atoms with Crippen LogP contribution in [0.2, 0.25) is 0 Å². The first-order chi connectivity index (χ1) is 25.6. The molecule has 0 atom stereocenters. The van der Waals surface area contributed by atoms with Crippen LogP contribution in [0.3, 0.4) is 0 Å². The highest BCUT2D eigenvalue weighted by Crippen LogP contribution is 2.53. The lowest BCUT2D eigenvalue weighted by Gasteiger charge is -2.22. The Kier molecular flexibility index (Phi) is 6.08. The van der Waals surface area contributed by atoms with E-state index in [1.54, 1.807) is 0 Å². The Hall–Kier alpha value is -6.44. The summed E-state index contributed by atoms with van der Waals surface area (Å²) in [6.45, 7) is 4.74. The molecular weight excluding hydrogens is 629 g/mol. The number of benzene rings is 9. The Morgan fingerprint density at radius 3 is 1.62 bits per heavy atom. The van der Waals surface area contributed by atoms with E-state index in [9.17, 15) is 0 Å². The Bertz CT molecular complexity index is 3030. The summed E-state index contributed by atoms with van der Waals surface area (Å²) in [7, 11) is 0. The molecule has 0 radical (unpaired) electrons. The molecular formula is C51H34O. The number of para-hydroxylation sites is 2. The van der Waals surface area contributed by atoms with Gasteiger partial charge < -0.3 is 4.42 Å². The Labute approximate surface area is 302 Å². The third-order valence-corrected chi connectivity index (χ3v) is 11.7. The van der Waals surface area contributed by atoms with Crippen molar-refractivity contribution in [1.29, 1.82) is 0 Å². The van der Waals surface area contributed by atoms with E-state index in [0.717, 1.165) is 27.5 Å². The van der Waals surface area contributed by atoms with Crippen LogP contribution in [-0.2, 0) is 5.41 Å². The lowest BCUT2D eigenvalue weighted by Crippen LogP contribution is -2.14. The van der Waals surface area contributed by atoms with Gasteiger partial charge in [0, 0.05) is 27.3 Å². The van der Waals surface area contributed by atoms with Crippen molar-refractivity contribution >= 4 is 54.3 Å². The standard InChI is InChI=1S/C51H34O/c1-51(2)44-23-12-20-35(49(44)43-29-33-13-3-4-14-34(33)30-45(43)51)31-25-27-32(28-26-31)47-37-16-5-7-18-39(37)48(40-19-8-6-17-38(40)47)42-22-11-21-41-36-15-9-10-24-46(36)52-50(41)42/h3-30H,1-2H3. The number of rotatable bonds is 3. The van der Waals surface area contributed by atoms with Crippen LogP contribution in [0.15, 0.2) is 174 Å². The van der Waals surface area contributed by atoms with Crippen molar-refractivity contribution in [3.05, 3.63) is 181 Å². The predicted molar refractivity (Wildman–Crippen MR) is 220 cm³/mol. The average molecular weight is 663 g/mol. The summed E-state index contributed by atoms with van der Waals surface area (Å²) in [4.78, 5) is 0. The maximum absolute atomic E-state index is 6.59. The fraction of sp³-hybridized carbons (Fsp3) is 0.0588. The first kappa shape index (κ1) is 29.3. The lowest BCUT2D eigenvalue weighted by atomic mass is 9.81. The molecule has 244 valence electrons. The summed E-state index contributed by atoms with van der Waals surface area (Å²) in [5.74, 6) is 0. The zero-order chi connectivity index (χ0) is 34.6. The van der Waals surface area contributed by atoms with E-state index in [1.807, 2.05) is 6.07 Å². The lowest BCUT2D eigenvalue weighted by molar-refractivity contribution is 0.661. The fourth-order valence-corrected chi connectivity index (χ4v) is 9.20. The van der Waals surface area contributed by atoms with Gasteiger partial charge in [-0.05, 0) is 95.0 Å². The van der Waals surface area contributed by atoms with Gasteiger partial charge in [-0.1, -0.05) is 166 Å². The predicted octanol–water partition coefficient (Wildman–Crippen LogP) is 14.4. The Morgan fingerprint density at radius 2 is 0.904 bits per heavy atom. The van der Waals surface area contributed by atoms with Crippen LogP contribution >= 0.6 is 0 Å². The molecule has 1 heteroatoms. The minimum Gasteiger partial charge on any atom is -0.455 e. The second-order valence-electron chi connectivity index (χ2n) is 14.8. The molecule has 0 fully saturated rings. The van der Waals surface area contributed by atoms with E-state index >= 15 is 0 Å². The highest BCUT2D eigenvalue weighted by atomic mass is 16.3. The van der Waals surface area contributed by atoms with E-state index < -0.39 is 0 Å².